The Kier molecular flexibility index (Phi) is 8.60. The number of hydrogen-bond acceptors (Lipinski definition) is 6. The molecule has 1 aromatic carbocycles. The van der Waals surface area contributed by atoms with Crippen LogP contribution in [-0.4, -0.2) is 41.8 Å². The van der Waals surface area contributed by atoms with Crippen molar-refractivity contribution in [2.75, 3.05) is 6.61 Å². The molecule has 2 rings (SSSR count). The Morgan fingerprint density at radius 3 is 2.35 bits per heavy atom. The molecular weight excluding hydrogens is 452 g/mol. The molecule has 0 bridgehead atoms. The number of unbranched alkanes of at least 4 members (excludes halogenated alkanes) is 1. The largest absolute Gasteiger partial charge is 0.463 e. The van der Waals surface area contributed by atoms with Crippen LogP contribution in [-0.2, 0) is 14.3 Å². The van der Waals surface area contributed by atoms with E-state index in [1.807, 2.05) is 6.92 Å². The van der Waals surface area contributed by atoms with Crippen LogP contribution >= 0.6 is 0 Å². The lowest BCUT2D eigenvalue weighted by Crippen LogP contribution is -2.46. The molecule has 0 spiro atoms. The Hall–Kier alpha value is -3.20. The highest BCUT2D eigenvalue weighted by Gasteiger charge is 2.32. The van der Waals surface area contributed by atoms with E-state index in [1.54, 1.807) is 45.0 Å². The Morgan fingerprint density at radius 2 is 1.79 bits per heavy atom. The molecule has 1 aromatic heterocycles. The lowest BCUT2D eigenvalue weighted by atomic mass is 10.0. The van der Waals surface area contributed by atoms with Crippen LogP contribution in [0.5, 0.6) is 0 Å². The van der Waals surface area contributed by atoms with Crippen molar-refractivity contribution < 1.29 is 24.0 Å². The number of nitro groups is 1. The van der Waals surface area contributed by atoms with Crippen molar-refractivity contribution in [3.8, 4) is 11.1 Å². The second-order valence-corrected chi connectivity index (χ2v) is 15.0. The van der Waals surface area contributed by atoms with Gasteiger partial charge in [0.2, 0.25) is 0 Å². The first-order valence-electron chi connectivity index (χ1n) is 11.3. The number of nitrogens with zero attached hydrogens (tertiary/aromatic N) is 2. The summed E-state index contributed by atoms with van der Waals surface area (Å²) in [6, 6.07) is 8.15. The van der Waals surface area contributed by atoms with Crippen LogP contribution in [0.4, 0.5) is 10.5 Å². The number of esters is 1. The van der Waals surface area contributed by atoms with Gasteiger partial charge in [0.25, 0.3) is 5.69 Å². The van der Waals surface area contributed by atoms with Crippen molar-refractivity contribution >= 4 is 37.2 Å². The lowest BCUT2D eigenvalue weighted by molar-refractivity contribution is -0.384. The van der Waals surface area contributed by atoms with E-state index in [0.717, 1.165) is 18.2 Å². The molecule has 0 N–H and O–H groups in total. The highest BCUT2D eigenvalue weighted by molar-refractivity contribution is 6.88. The summed E-state index contributed by atoms with van der Waals surface area (Å²) in [6.07, 6.45) is 3.76. The minimum atomic E-state index is -2.14. The summed E-state index contributed by atoms with van der Waals surface area (Å²) < 4.78 is 12.3. The highest BCUT2D eigenvalue weighted by atomic mass is 28.3. The van der Waals surface area contributed by atoms with Gasteiger partial charge in [-0.1, -0.05) is 45.1 Å². The van der Waals surface area contributed by atoms with Gasteiger partial charge in [0, 0.05) is 23.0 Å². The topological polar surface area (TPSA) is 101 Å². The molecule has 0 aliphatic rings. The first kappa shape index (κ1) is 27.0. The summed E-state index contributed by atoms with van der Waals surface area (Å²) in [5, 5.41) is 12.5. The molecule has 1 heterocycles. The molecule has 0 fully saturated rings. The van der Waals surface area contributed by atoms with Gasteiger partial charge in [-0.15, -0.1) is 0 Å². The van der Waals surface area contributed by atoms with Crippen molar-refractivity contribution in [3.05, 3.63) is 52.2 Å². The van der Waals surface area contributed by atoms with Crippen LogP contribution in [0.25, 0.3) is 17.2 Å². The number of para-hydroxylation sites is 1. The van der Waals surface area contributed by atoms with E-state index >= 15 is 0 Å². The molecule has 2 aromatic rings. The SMILES string of the molecule is CCCCOC(=O)/C=C/c1c(-c2ccccc2[N+](=O)[O-])cc([Si](C)(C)C)n1C(=O)OC(C)(C)C. The van der Waals surface area contributed by atoms with E-state index in [2.05, 4.69) is 19.6 Å². The van der Waals surface area contributed by atoms with Gasteiger partial charge in [0.1, 0.15) is 5.60 Å². The average Bonchev–Trinajstić information content (AvgIpc) is 3.11. The summed E-state index contributed by atoms with van der Waals surface area (Å²) in [7, 11) is -2.14. The average molecular weight is 487 g/mol. The molecule has 0 unspecified atom stereocenters. The fourth-order valence-corrected chi connectivity index (χ4v) is 4.79. The van der Waals surface area contributed by atoms with Crippen LogP contribution in [0.2, 0.25) is 19.6 Å². The predicted octanol–water partition coefficient (Wildman–Crippen LogP) is 5.75. The molecule has 34 heavy (non-hydrogen) atoms. The third kappa shape index (κ3) is 6.90. The number of carbonyl (C=O) groups excluding carboxylic acids is 2. The van der Waals surface area contributed by atoms with Gasteiger partial charge in [-0.25, -0.2) is 9.59 Å². The molecule has 8 nitrogen and oxygen atoms in total. The number of hydrogen-bond donors (Lipinski definition) is 0. The first-order chi connectivity index (χ1) is 15.8. The monoisotopic (exact) mass is 486 g/mol. The maximum Gasteiger partial charge on any atom is 0.418 e. The second kappa shape index (κ2) is 10.8. The Labute approximate surface area is 201 Å². The number of carbonyl (C=O) groups is 2. The summed E-state index contributed by atoms with van der Waals surface area (Å²) >= 11 is 0. The van der Waals surface area contributed by atoms with Gasteiger partial charge in [-0.2, -0.15) is 0 Å². The number of benzene rings is 1. The molecule has 0 aliphatic heterocycles. The second-order valence-electron chi connectivity index (χ2n) is 10.0. The molecule has 0 saturated carbocycles. The summed E-state index contributed by atoms with van der Waals surface area (Å²) in [6.45, 7) is 13.8. The Balaban J connectivity index is 2.78. The molecule has 0 radical (unpaired) electrons. The normalized spacial score (nSPS) is 12.1. The predicted molar refractivity (Wildman–Crippen MR) is 136 cm³/mol. The van der Waals surface area contributed by atoms with Gasteiger partial charge in [-0.3, -0.25) is 14.7 Å². The van der Waals surface area contributed by atoms with Gasteiger partial charge in [-0.05, 0) is 45.4 Å². The number of ether oxygens (including phenoxy) is 2. The third-order valence-electron chi connectivity index (χ3n) is 4.89. The summed E-state index contributed by atoms with van der Waals surface area (Å²) in [4.78, 5) is 36.9. The Morgan fingerprint density at radius 1 is 1.15 bits per heavy atom. The molecule has 0 aliphatic carbocycles. The molecule has 9 heteroatoms. The molecule has 184 valence electrons. The zero-order valence-corrected chi connectivity index (χ0v) is 22.0. The third-order valence-corrected chi connectivity index (χ3v) is 6.80. The van der Waals surface area contributed by atoms with Gasteiger partial charge in [0.05, 0.1) is 30.9 Å². The highest BCUT2D eigenvalue weighted by Crippen LogP contribution is 2.34. The molecule has 0 saturated heterocycles. The number of aromatic nitrogens is 1. The molecular formula is C25H34N2O6Si. The van der Waals surface area contributed by atoms with Crippen LogP contribution in [0.15, 0.2) is 36.4 Å². The zero-order valence-electron chi connectivity index (χ0n) is 21.0. The zero-order chi connectivity index (χ0) is 25.7. The quantitative estimate of drug-likeness (QED) is 0.118. The van der Waals surface area contributed by atoms with Gasteiger partial charge >= 0.3 is 12.1 Å². The van der Waals surface area contributed by atoms with E-state index in [4.69, 9.17) is 9.47 Å². The molecule has 0 atom stereocenters. The molecule has 0 amide bonds. The fraction of sp³-hybridized carbons (Fsp3) is 0.440. The maximum atomic E-state index is 13.3. The minimum absolute atomic E-state index is 0.0915. The Bertz CT molecular complexity index is 1090. The van der Waals surface area contributed by atoms with Crippen LogP contribution in [0, 0.1) is 10.1 Å². The van der Waals surface area contributed by atoms with Gasteiger partial charge < -0.3 is 9.47 Å². The summed E-state index contributed by atoms with van der Waals surface area (Å²) in [5.74, 6) is -0.548. The fourth-order valence-electron chi connectivity index (χ4n) is 3.33. The maximum absolute atomic E-state index is 13.3. The lowest BCUT2D eigenvalue weighted by Gasteiger charge is -2.24. The van der Waals surface area contributed by atoms with E-state index in [-0.39, 0.29) is 5.69 Å². The van der Waals surface area contributed by atoms with Crippen molar-refractivity contribution in [2.45, 2.75) is 65.8 Å². The van der Waals surface area contributed by atoms with E-state index in [0.29, 0.717) is 23.4 Å². The minimum Gasteiger partial charge on any atom is -0.463 e. The smallest absolute Gasteiger partial charge is 0.418 e. The van der Waals surface area contributed by atoms with Crippen LogP contribution < -0.4 is 5.32 Å². The number of nitro benzene ring substituents is 1. The first-order valence-corrected chi connectivity index (χ1v) is 14.8. The summed E-state index contributed by atoms with van der Waals surface area (Å²) in [5.41, 5.74) is 0.331. The van der Waals surface area contributed by atoms with Crippen LogP contribution in [0.1, 0.15) is 46.2 Å². The standard InChI is InChI=1S/C25H34N2O6Si/c1-8-9-16-32-23(28)15-14-20-19(18-12-10-11-13-21(18)27(30)31)17-22(34(5,6)7)26(20)24(29)33-25(2,3)4/h10-15,17H,8-9,16H2,1-7H3/b15-14+. The van der Waals surface area contributed by atoms with Crippen molar-refractivity contribution in [3.63, 3.8) is 0 Å². The van der Waals surface area contributed by atoms with E-state index < -0.39 is 30.7 Å². The van der Waals surface area contributed by atoms with Crippen molar-refractivity contribution in [1.82, 2.24) is 4.57 Å². The van der Waals surface area contributed by atoms with Crippen LogP contribution in [0.3, 0.4) is 0 Å². The van der Waals surface area contributed by atoms with E-state index in [1.165, 1.54) is 22.8 Å². The van der Waals surface area contributed by atoms with Gasteiger partial charge in [0.15, 0.2) is 0 Å². The van der Waals surface area contributed by atoms with Crippen molar-refractivity contribution in [2.24, 2.45) is 0 Å². The van der Waals surface area contributed by atoms with Crippen molar-refractivity contribution in [1.29, 1.82) is 0 Å². The van der Waals surface area contributed by atoms with E-state index in [9.17, 15) is 19.7 Å². The number of rotatable bonds is 8.